The highest BCUT2D eigenvalue weighted by molar-refractivity contribution is 5.40. The molecule has 0 aliphatic rings. The lowest BCUT2D eigenvalue weighted by Crippen LogP contribution is -2.11. The maximum absolute atomic E-state index is 9.09. The van der Waals surface area contributed by atoms with E-state index in [2.05, 4.69) is 37.9 Å². The summed E-state index contributed by atoms with van der Waals surface area (Å²) in [5, 5.41) is 9.09. The van der Waals surface area contributed by atoms with E-state index in [0.717, 1.165) is 11.3 Å². The molecule has 1 aromatic heterocycles. The summed E-state index contributed by atoms with van der Waals surface area (Å²) in [4.78, 5) is 4.23. The zero-order chi connectivity index (χ0) is 14.8. The van der Waals surface area contributed by atoms with E-state index in [1.165, 1.54) is 5.56 Å². The summed E-state index contributed by atoms with van der Waals surface area (Å²) < 4.78 is 5.80. The lowest BCUT2D eigenvalue weighted by molar-refractivity contribution is 0.275. The third-order valence-corrected chi connectivity index (χ3v) is 3.20. The predicted molar refractivity (Wildman–Crippen MR) is 80.1 cm³/mol. The molecule has 1 aromatic carbocycles. The lowest BCUT2D eigenvalue weighted by Gasteiger charge is -2.20. The molecule has 0 aliphatic carbocycles. The van der Waals surface area contributed by atoms with Gasteiger partial charge >= 0.3 is 0 Å². The molecule has 0 fully saturated rings. The second kappa shape index (κ2) is 5.63. The fraction of sp³-hybridized carbons (Fsp3) is 0.353. The van der Waals surface area contributed by atoms with E-state index in [-0.39, 0.29) is 12.0 Å². The van der Waals surface area contributed by atoms with Crippen LogP contribution in [0, 0.1) is 6.92 Å². The van der Waals surface area contributed by atoms with Crippen molar-refractivity contribution in [2.45, 2.75) is 39.7 Å². The number of nitrogens with zero attached hydrogens (tertiary/aromatic N) is 1. The van der Waals surface area contributed by atoms with E-state index in [0.29, 0.717) is 11.6 Å². The molecular weight excluding hydrogens is 250 g/mol. The molecule has 2 aromatic rings. The number of pyridine rings is 1. The van der Waals surface area contributed by atoms with Crippen LogP contribution in [0.1, 0.15) is 37.6 Å². The number of hydrogen-bond acceptors (Lipinski definition) is 3. The van der Waals surface area contributed by atoms with E-state index in [1.54, 1.807) is 12.1 Å². The van der Waals surface area contributed by atoms with Gasteiger partial charge in [-0.3, -0.25) is 0 Å². The molecule has 0 aliphatic heterocycles. The molecule has 0 unspecified atom stereocenters. The monoisotopic (exact) mass is 271 g/mol. The van der Waals surface area contributed by atoms with Crippen molar-refractivity contribution < 1.29 is 9.84 Å². The summed E-state index contributed by atoms with van der Waals surface area (Å²) in [6.07, 6.45) is 0. The second-order valence-corrected chi connectivity index (χ2v) is 5.96. The largest absolute Gasteiger partial charge is 0.439 e. The van der Waals surface area contributed by atoms with E-state index < -0.39 is 0 Å². The zero-order valence-electron chi connectivity index (χ0n) is 12.5. The summed E-state index contributed by atoms with van der Waals surface area (Å²) >= 11 is 0. The molecule has 20 heavy (non-hydrogen) atoms. The van der Waals surface area contributed by atoms with Gasteiger partial charge in [0.25, 0.3) is 0 Å². The second-order valence-electron chi connectivity index (χ2n) is 5.96. The van der Waals surface area contributed by atoms with E-state index >= 15 is 0 Å². The average Bonchev–Trinajstić information content (AvgIpc) is 2.40. The smallest absolute Gasteiger partial charge is 0.219 e. The maximum atomic E-state index is 9.09. The summed E-state index contributed by atoms with van der Waals surface area (Å²) in [6.45, 7) is 8.51. The predicted octanol–water partition coefficient (Wildman–Crippen LogP) is 3.97. The van der Waals surface area contributed by atoms with Gasteiger partial charge in [0.15, 0.2) is 0 Å². The van der Waals surface area contributed by atoms with Crippen molar-refractivity contribution in [3.63, 3.8) is 0 Å². The topological polar surface area (TPSA) is 42.4 Å². The van der Waals surface area contributed by atoms with Crippen LogP contribution in [0.25, 0.3) is 0 Å². The summed E-state index contributed by atoms with van der Waals surface area (Å²) in [6, 6.07) is 11.6. The van der Waals surface area contributed by atoms with Gasteiger partial charge < -0.3 is 9.84 Å². The number of aliphatic hydroxyl groups is 1. The van der Waals surface area contributed by atoms with Crippen LogP contribution in [-0.4, -0.2) is 10.1 Å². The van der Waals surface area contributed by atoms with Crippen LogP contribution in [0.5, 0.6) is 11.6 Å². The molecule has 0 atom stereocenters. The Morgan fingerprint density at radius 1 is 1.15 bits per heavy atom. The molecule has 0 amide bonds. The molecule has 1 heterocycles. The zero-order valence-corrected chi connectivity index (χ0v) is 12.5. The SMILES string of the molecule is Cc1cc(C(C)(C)C)ccc1Oc1cccc(CO)n1. The summed E-state index contributed by atoms with van der Waals surface area (Å²) in [5.41, 5.74) is 3.08. The van der Waals surface area contributed by atoms with Crippen molar-refractivity contribution in [3.05, 3.63) is 53.2 Å². The Bertz CT molecular complexity index is 600. The Morgan fingerprint density at radius 2 is 1.90 bits per heavy atom. The van der Waals surface area contributed by atoms with Crippen molar-refractivity contribution in [3.8, 4) is 11.6 Å². The van der Waals surface area contributed by atoms with Gasteiger partial charge in [-0.05, 0) is 35.6 Å². The molecule has 0 bridgehead atoms. The van der Waals surface area contributed by atoms with Crippen LogP contribution in [0.15, 0.2) is 36.4 Å². The van der Waals surface area contributed by atoms with Gasteiger partial charge in [-0.25, -0.2) is 4.98 Å². The lowest BCUT2D eigenvalue weighted by atomic mass is 9.86. The highest BCUT2D eigenvalue weighted by Crippen LogP contribution is 2.29. The molecule has 0 saturated carbocycles. The first kappa shape index (κ1) is 14.5. The number of aryl methyl sites for hydroxylation is 1. The van der Waals surface area contributed by atoms with Crippen LogP contribution in [0.2, 0.25) is 0 Å². The Kier molecular flexibility index (Phi) is 4.09. The van der Waals surface area contributed by atoms with Gasteiger partial charge in [0.1, 0.15) is 5.75 Å². The molecule has 3 nitrogen and oxygen atoms in total. The van der Waals surface area contributed by atoms with Gasteiger partial charge in [-0.2, -0.15) is 0 Å². The first-order valence-electron chi connectivity index (χ1n) is 6.76. The fourth-order valence-electron chi connectivity index (χ4n) is 1.95. The highest BCUT2D eigenvalue weighted by atomic mass is 16.5. The maximum Gasteiger partial charge on any atom is 0.219 e. The van der Waals surface area contributed by atoms with Crippen molar-refractivity contribution in [1.29, 1.82) is 0 Å². The fourth-order valence-corrected chi connectivity index (χ4v) is 1.95. The van der Waals surface area contributed by atoms with Gasteiger partial charge in [-0.1, -0.05) is 39.0 Å². The average molecular weight is 271 g/mol. The van der Waals surface area contributed by atoms with Crippen LogP contribution in [-0.2, 0) is 12.0 Å². The third-order valence-electron chi connectivity index (χ3n) is 3.20. The Labute approximate surface area is 120 Å². The number of aromatic nitrogens is 1. The minimum Gasteiger partial charge on any atom is -0.439 e. The highest BCUT2D eigenvalue weighted by Gasteiger charge is 2.15. The molecule has 3 heteroatoms. The van der Waals surface area contributed by atoms with E-state index in [4.69, 9.17) is 9.84 Å². The summed E-state index contributed by atoms with van der Waals surface area (Å²) in [7, 11) is 0. The molecule has 0 saturated heterocycles. The van der Waals surface area contributed by atoms with Gasteiger partial charge in [0.2, 0.25) is 5.88 Å². The Hall–Kier alpha value is -1.87. The molecule has 1 N–H and O–H groups in total. The van der Waals surface area contributed by atoms with Crippen LogP contribution in [0.4, 0.5) is 0 Å². The molecular formula is C17H21NO2. The van der Waals surface area contributed by atoms with Crippen LogP contribution < -0.4 is 4.74 Å². The number of aliphatic hydroxyl groups excluding tert-OH is 1. The molecule has 106 valence electrons. The minimum absolute atomic E-state index is 0.0842. The molecule has 0 spiro atoms. The third kappa shape index (κ3) is 3.36. The summed E-state index contributed by atoms with van der Waals surface area (Å²) in [5.74, 6) is 1.30. The molecule has 0 radical (unpaired) electrons. The van der Waals surface area contributed by atoms with Crippen LogP contribution in [0.3, 0.4) is 0 Å². The number of rotatable bonds is 3. The first-order valence-corrected chi connectivity index (χ1v) is 6.76. The number of benzene rings is 1. The van der Waals surface area contributed by atoms with Crippen molar-refractivity contribution in [2.24, 2.45) is 0 Å². The van der Waals surface area contributed by atoms with E-state index in [9.17, 15) is 0 Å². The number of hydrogen-bond donors (Lipinski definition) is 1. The van der Waals surface area contributed by atoms with Gasteiger partial charge in [0, 0.05) is 6.07 Å². The van der Waals surface area contributed by atoms with Crippen LogP contribution >= 0.6 is 0 Å². The first-order chi connectivity index (χ1) is 9.40. The van der Waals surface area contributed by atoms with Gasteiger partial charge in [0.05, 0.1) is 12.3 Å². The Balaban J connectivity index is 2.25. The van der Waals surface area contributed by atoms with E-state index in [1.807, 2.05) is 19.1 Å². The standard InChI is InChI=1S/C17H21NO2/c1-12-10-13(17(2,3)4)8-9-15(12)20-16-7-5-6-14(11-19)18-16/h5-10,19H,11H2,1-4H3. The van der Waals surface area contributed by atoms with Crippen molar-refractivity contribution in [2.75, 3.05) is 0 Å². The van der Waals surface area contributed by atoms with Crippen molar-refractivity contribution >= 4 is 0 Å². The molecule has 2 rings (SSSR count). The van der Waals surface area contributed by atoms with Gasteiger partial charge in [-0.15, -0.1) is 0 Å². The Morgan fingerprint density at radius 3 is 2.50 bits per heavy atom. The normalized spacial score (nSPS) is 11.4. The number of ether oxygens (including phenoxy) is 1. The van der Waals surface area contributed by atoms with Crippen molar-refractivity contribution in [1.82, 2.24) is 4.98 Å². The quantitative estimate of drug-likeness (QED) is 0.918. The minimum atomic E-state index is -0.0842.